The lowest BCUT2D eigenvalue weighted by Gasteiger charge is -2.08. The summed E-state index contributed by atoms with van der Waals surface area (Å²) in [4.78, 5) is 3.73. The monoisotopic (exact) mass is 285 g/mol. The molecule has 0 aliphatic rings. The van der Waals surface area contributed by atoms with E-state index in [0.29, 0.717) is 9.50 Å². The summed E-state index contributed by atoms with van der Waals surface area (Å²) in [7, 11) is 0. The Morgan fingerprint density at radius 2 is 2.14 bits per heavy atom. The molecular weight excluding hydrogens is 279 g/mol. The number of pyridine rings is 1. The molecule has 1 nitrogen and oxygen atoms in total. The number of aromatic nitrogens is 1. The van der Waals surface area contributed by atoms with Crippen molar-refractivity contribution in [2.24, 2.45) is 0 Å². The van der Waals surface area contributed by atoms with Crippen LogP contribution in [0.4, 0.5) is 13.2 Å². The molecule has 78 valence electrons. The number of nitrogens with zero attached hydrogens (tertiary/aromatic N) is 1. The highest BCUT2D eigenvalue weighted by Gasteiger charge is 2.31. The van der Waals surface area contributed by atoms with Crippen LogP contribution >= 0.6 is 27.7 Å². The maximum absolute atomic E-state index is 12.2. The second kappa shape index (κ2) is 4.53. The molecule has 0 bridgehead atoms. The maximum atomic E-state index is 12.2. The minimum Gasteiger partial charge on any atom is -0.248 e. The van der Waals surface area contributed by atoms with Crippen LogP contribution < -0.4 is 0 Å². The van der Waals surface area contributed by atoms with E-state index in [2.05, 4.69) is 20.9 Å². The fraction of sp³-hybridized carbons (Fsp3) is 0.375. The molecule has 0 saturated carbocycles. The maximum Gasteiger partial charge on any atom is 0.417 e. The van der Waals surface area contributed by atoms with Gasteiger partial charge in [0, 0.05) is 6.20 Å². The lowest BCUT2D eigenvalue weighted by molar-refractivity contribution is -0.137. The molecule has 6 heteroatoms. The van der Waals surface area contributed by atoms with Crippen LogP contribution in [0, 0.1) is 0 Å². The lowest BCUT2D eigenvalue weighted by atomic mass is 10.3. The summed E-state index contributed by atoms with van der Waals surface area (Å²) in [5.74, 6) is 0.775. The highest BCUT2D eigenvalue weighted by Crippen LogP contribution is 2.33. The molecule has 0 spiro atoms. The van der Waals surface area contributed by atoms with E-state index in [1.165, 1.54) is 11.8 Å². The first-order valence-corrected chi connectivity index (χ1v) is 5.58. The van der Waals surface area contributed by atoms with E-state index in [1.54, 1.807) is 0 Å². The minimum atomic E-state index is -4.33. The molecule has 1 aromatic heterocycles. The van der Waals surface area contributed by atoms with Crippen molar-refractivity contribution >= 4 is 27.7 Å². The molecule has 0 unspecified atom stereocenters. The first-order valence-electron chi connectivity index (χ1n) is 3.80. The van der Waals surface area contributed by atoms with Crippen LogP contribution in [0.2, 0.25) is 0 Å². The van der Waals surface area contributed by atoms with E-state index < -0.39 is 11.7 Å². The molecule has 0 saturated heterocycles. The third kappa shape index (κ3) is 2.88. The van der Waals surface area contributed by atoms with E-state index in [-0.39, 0.29) is 0 Å². The summed E-state index contributed by atoms with van der Waals surface area (Å²) in [6.07, 6.45) is -3.48. The molecule has 14 heavy (non-hydrogen) atoms. The van der Waals surface area contributed by atoms with Gasteiger partial charge >= 0.3 is 6.18 Å². The van der Waals surface area contributed by atoms with Crippen molar-refractivity contribution in [3.8, 4) is 0 Å². The Morgan fingerprint density at radius 1 is 1.50 bits per heavy atom. The van der Waals surface area contributed by atoms with Crippen molar-refractivity contribution in [1.82, 2.24) is 4.98 Å². The zero-order valence-electron chi connectivity index (χ0n) is 7.23. The number of alkyl halides is 3. The fourth-order valence-electron chi connectivity index (χ4n) is 0.823. The minimum absolute atomic E-state index is 0.388. The molecule has 0 radical (unpaired) electrons. The van der Waals surface area contributed by atoms with Gasteiger partial charge in [0.25, 0.3) is 0 Å². The first kappa shape index (κ1) is 11.8. The molecule has 0 atom stereocenters. The Morgan fingerprint density at radius 3 is 2.57 bits per heavy atom. The van der Waals surface area contributed by atoms with Crippen molar-refractivity contribution in [2.45, 2.75) is 18.1 Å². The van der Waals surface area contributed by atoms with Gasteiger partial charge in [-0.3, -0.25) is 0 Å². The second-order valence-electron chi connectivity index (χ2n) is 2.44. The number of thioether (sulfide) groups is 1. The Bertz CT molecular complexity index is 327. The summed E-state index contributed by atoms with van der Waals surface area (Å²) >= 11 is 4.45. The summed E-state index contributed by atoms with van der Waals surface area (Å²) in [5.41, 5.74) is -0.732. The fourth-order valence-corrected chi connectivity index (χ4v) is 2.11. The van der Waals surface area contributed by atoms with Crippen LogP contribution in [0.5, 0.6) is 0 Å². The van der Waals surface area contributed by atoms with Gasteiger partial charge in [0.2, 0.25) is 0 Å². The highest BCUT2D eigenvalue weighted by atomic mass is 79.9. The average Bonchev–Trinajstić information content (AvgIpc) is 2.07. The molecule has 0 aromatic carbocycles. The SMILES string of the molecule is CCSc1ncc(C(F)(F)F)cc1Br. The molecule has 1 heterocycles. The van der Waals surface area contributed by atoms with E-state index in [1.807, 2.05) is 6.92 Å². The Labute approximate surface area is 92.2 Å². The van der Waals surface area contributed by atoms with E-state index in [0.717, 1.165) is 18.0 Å². The third-order valence-electron chi connectivity index (χ3n) is 1.42. The molecule has 0 amide bonds. The summed E-state index contributed by atoms with van der Waals surface area (Å²) in [5, 5.41) is 0.584. The molecule has 1 rings (SSSR count). The second-order valence-corrected chi connectivity index (χ2v) is 4.55. The van der Waals surface area contributed by atoms with E-state index >= 15 is 0 Å². The van der Waals surface area contributed by atoms with Gasteiger partial charge in [-0.2, -0.15) is 13.2 Å². The van der Waals surface area contributed by atoms with Gasteiger partial charge in [0.05, 0.1) is 10.0 Å². The van der Waals surface area contributed by atoms with Gasteiger partial charge in [-0.05, 0) is 27.7 Å². The van der Waals surface area contributed by atoms with Crippen LogP contribution in [0.3, 0.4) is 0 Å². The molecule has 0 aliphatic heterocycles. The quantitative estimate of drug-likeness (QED) is 0.763. The van der Waals surface area contributed by atoms with Crippen molar-refractivity contribution in [1.29, 1.82) is 0 Å². The lowest BCUT2D eigenvalue weighted by Crippen LogP contribution is -2.05. The highest BCUT2D eigenvalue weighted by molar-refractivity contribution is 9.10. The van der Waals surface area contributed by atoms with Gasteiger partial charge in [-0.15, -0.1) is 11.8 Å². The van der Waals surface area contributed by atoms with Crippen LogP contribution in [0.15, 0.2) is 21.8 Å². The van der Waals surface area contributed by atoms with Crippen molar-refractivity contribution < 1.29 is 13.2 Å². The van der Waals surface area contributed by atoms with Gasteiger partial charge in [0.15, 0.2) is 0 Å². The molecule has 0 N–H and O–H groups in total. The predicted molar refractivity (Wildman–Crippen MR) is 53.3 cm³/mol. The topological polar surface area (TPSA) is 12.9 Å². The van der Waals surface area contributed by atoms with Crippen molar-refractivity contribution in [3.05, 3.63) is 22.3 Å². The third-order valence-corrected chi connectivity index (χ3v) is 3.17. The van der Waals surface area contributed by atoms with Crippen LogP contribution in [-0.4, -0.2) is 10.7 Å². The molecule has 0 aliphatic carbocycles. The van der Waals surface area contributed by atoms with Gasteiger partial charge in [-0.1, -0.05) is 6.92 Å². The molecule has 1 aromatic rings. The Hall–Kier alpha value is -0.230. The Kier molecular flexibility index (Phi) is 3.83. The Balaban J connectivity index is 3.01. The van der Waals surface area contributed by atoms with Gasteiger partial charge < -0.3 is 0 Å². The van der Waals surface area contributed by atoms with E-state index in [9.17, 15) is 13.2 Å². The summed E-state index contributed by atoms with van der Waals surface area (Å²) in [6.45, 7) is 1.91. The van der Waals surface area contributed by atoms with Crippen molar-refractivity contribution in [2.75, 3.05) is 5.75 Å². The molecule has 0 fully saturated rings. The number of hydrogen-bond donors (Lipinski definition) is 0. The normalized spacial score (nSPS) is 11.8. The number of hydrogen-bond acceptors (Lipinski definition) is 2. The summed E-state index contributed by atoms with van der Waals surface area (Å²) < 4.78 is 37.0. The van der Waals surface area contributed by atoms with Crippen molar-refractivity contribution in [3.63, 3.8) is 0 Å². The standard InChI is InChI=1S/C8H7BrF3NS/c1-2-14-7-6(9)3-5(4-13-7)8(10,11)12/h3-4H,2H2,1H3. The van der Waals surface area contributed by atoms with Gasteiger partial charge in [0.1, 0.15) is 5.03 Å². The first-order chi connectivity index (χ1) is 6.45. The van der Waals surface area contributed by atoms with Crippen LogP contribution in [-0.2, 0) is 6.18 Å². The van der Waals surface area contributed by atoms with Crippen LogP contribution in [0.25, 0.3) is 0 Å². The average molecular weight is 286 g/mol. The predicted octanol–water partition coefficient (Wildman–Crippen LogP) is 3.97. The zero-order valence-corrected chi connectivity index (χ0v) is 9.63. The zero-order chi connectivity index (χ0) is 10.8. The largest absolute Gasteiger partial charge is 0.417 e. The summed E-state index contributed by atoms with van der Waals surface area (Å²) in [6, 6.07) is 1.05. The number of rotatable bonds is 2. The smallest absolute Gasteiger partial charge is 0.248 e. The molecular formula is C8H7BrF3NS. The van der Waals surface area contributed by atoms with Gasteiger partial charge in [-0.25, -0.2) is 4.98 Å². The van der Waals surface area contributed by atoms with Crippen LogP contribution in [0.1, 0.15) is 12.5 Å². The number of halogens is 4. The van der Waals surface area contributed by atoms with E-state index in [4.69, 9.17) is 0 Å².